The maximum absolute atomic E-state index is 9.28. The Morgan fingerprint density at radius 2 is 2.25 bits per heavy atom. The Bertz CT molecular complexity index is 247. The first kappa shape index (κ1) is 9.25. The SMILES string of the molecule is Cc1ccc(C(N)C(O)CN)o1. The number of nitrogens with two attached hydrogens (primary N) is 2. The van der Waals surface area contributed by atoms with E-state index >= 15 is 0 Å². The Kier molecular flexibility index (Phi) is 2.86. The normalized spacial score (nSPS) is 16.0. The van der Waals surface area contributed by atoms with Gasteiger partial charge in [-0.25, -0.2) is 0 Å². The quantitative estimate of drug-likeness (QED) is 0.591. The van der Waals surface area contributed by atoms with Gasteiger partial charge >= 0.3 is 0 Å². The van der Waals surface area contributed by atoms with Crippen LogP contribution in [0.15, 0.2) is 16.5 Å². The summed E-state index contributed by atoms with van der Waals surface area (Å²) in [5.74, 6) is 1.36. The highest BCUT2D eigenvalue weighted by molar-refractivity contribution is 5.10. The van der Waals surface area contributed by atoms with Gasteiger partial charge in [0, 0.05) is 6.54 Å². The number of furan rings is 1. The topological polar surface area (TPSA) is 85.4 Å². The molecule has 0 bridgehead atoms. The first-order valence-corrected chi connectivity index (χ1v) is 3.85. The van der Waals surface area contributed by atoms with Crippen molar-refractivity contribution in [2.75, 3.05) is 6.54 Å². The van der Waals surface area contributed by atoms with Crippen molar-refractivity contribution >= 4 is 0 Å². The van der Waals surface area contributed by atoms with Crippen molar-refractivity contribution in [2.45, 2.75) is 19.1 Å². The summed E-state index contributed by atoms with van der Waals surface area (Å²) in [6.07, 6.45) is -0.740. The van der Waals surface area contributed by atoms with E-state index in [1.54, 1.807) is 12.1 Å². The van der Waals surface area contributed by atoms with E-state index < -0.39 is 12.1 Å². The lowest BCUT2D eigenvalue weighted by molar-refractivity contribution is 0.142. The molecule has 12 heavy (non-hydrogen) atoms. The Labute approximate surface area is 71.2 Å². The average Bonchev–Trinajstić information content (AvgIpc) is 2.49. The molecule has 1 rings (SSSR count). The minimum atomic E-state index is -0.740. The fourth-order valence-electron chi connectivity index (χ4n) is 0.969. The van der Waals surface area contributed by atoms with Gasteiger partial charge in [0.05, 0.1) is 12.1 Å². The lowest BCUT2D eigenvalue weighted by Crippen LogP contribution is -2.32. The first-order chi connectivity index (χ1) is 5.65. The summed E-state index contributed by atoms with van der Waals surface area (Å²) < 4.78 is 5.23. The number of aryl methyl sites for hydroxylation is 1. The summed E-state index contributed by atoms with van der Waals surface area (Å²) in [6, 6.07) is 3.03. The van der Waals surface area contributed by atoms with E-state index in [2.05, 4.69) is 0 Å². The molecule has 1 heterocycles. The zero-order chi connectivity index (χ0) is 9.14. The summed E-state index contributed by atoms with van der Waals surface area (Å²) in [6.45, 7) is 1.96. The molecule has 0 amide bonds. The number of rotatable bonds is 3. The molecule has 5 N–H and O–H groups in total. The zero-order valence-electron chi connectivity index (χ0n) is 7.03. The van der Waals surface area contributed by atoms with Gasteiger partial charge in [0.2, 0.25) is 0 Å². The van der Waals surface area contributed by atoms with Gasteiger partial charge in [0.1, 0.15) is 11.5 Å². The van der Waals surface area contributed by atoms with Crippen LogP contribution in [0, 0.1) is 6.92 Å². The van der Waals surface area contributed by atoms with Crippen LogP contribution in [0.4, 0.5) is 0 Å². The molecule has 1 aromatic heterocycles. The van der Waals surface area contributed by atoms with Gasteiger partial charge in [-0.1, -0.05) is 0 Å². The third-order valence-electron chi connectivity index (χ3n) is 1.75. The molecule has 68 valence electrons. The highest BCUT2D eigenvalue weighted by Gasteiger charge is 2.17. The van der Waals surface area contributed by atoms with E-state index in [4.69, 9.17) is 15.9 Å². The van der Waals surface area contributed by atoms with Gasteiger partial charge in [-0.05, 0) is 19.1 Å². The first-order valence-electron chi connectivity index (χ1n) is 3.85. The fraction of sp³-hybridized carbons (Fsp3) is 0.500. The lowest BCUT2D eigenvalue weighted by atomic mass is 10.1. The predicted octanol–water partition coefficient (Wildman–Crippen LogP) is -0.0926. The molecule has 0 fully saturated rings. The van der Waals surface area contributed by atoms with Gasteiger partial charge in [0.15, 0.2) is 0 Å². The van der Waals surface area contributed by atoms with Crippen molar-refractivity contribution in [3.05, 3.63) is 23.7 Å². The molecule has 1 aromatic rings. The van der Waals surface area contributed by atoms with Crippen LogP contribution in [0.3, 0.4) is 0 Å². The van der Waals surface area contributed by atoms with Crippen LogP contribution in [0.25, 0.3) is 0 Å². The van der Waals surface area contributed by atoms with E-state index in [0.29, 0.717) is 5.76 Å². The standard InChI is InChI=1S/C8H14N2O2/c1-5-2-3-7(12-5)8(10)6(11)4-9/h2-3,6,8,11H,4,9-10H2,1H3. The molecule has 0 aliphatic heterocycles. The number of aliphatic hydroxyl groups excluding tert-OH is 1. The second-order valence-electron chi connectivity index (χ2n) is 2.78. The second-order valence-corrected chi connectivity index (χ2v) is 2.78. The summed E-state index contributed by atoms with van der Waals surface area (Å²) in [7, 11) is 0. The van der Waals surface area contributed by atoms with Crippen LogP contribution in [0.5, 0.6) is 0 Å². The van der Waals surface area contributed by atoms with Crippen molar-refractivity contribution in [3.63, 3.8) is 0 Å². The van der Waals surface area contributed by atoms with Crippen molar-refractivity contribution in [1.82, 2.24) is 0 Å². The molecule has 0 radical (unpaired) electrons. The Morgan fingerprint density at radius 3 is 2.67 bits per heavy atom. The van der Waals surface area contributed by atoms with E-state index in [1.165, 1.54) is 0 Å². The Balaban J connectivity index is 2.70. The third kappa shape index (κ3) is 1.85. The van der Waals surface area contributed by atoms with Crippen LogP contribution >= 0.6 is 0 Å². The minimum Gasteiger partial charge on any atom is -0.465 e. The summed E-state index contributed by atoms with van der Waals surface area (Å²) in [5, 5.41) is 9.28. The van der Waals surface area contributed by atoms with Crippen LogP contribution in [-0.4, -0.2) is 17.8 Å². The van der Waals surface area contributed by atoms with Crippen molar-refractivity contribution in [2.24, 2.45) is 11.5 Å². The van der Waals surface area contributed by atoms with Crippen LogP contribution in [0.1, 0.15) is 17.6 Å². The number of hydrogen-bond acceptors (Lipinski definition) is 4. The van der Waals surface area contributed by atoms with Gasteiger partial charge in [-0.2, -0.15) is 0 Å². The maximum Gasteiger partial charge on any atom is 0.123 e. The van der Waals surface area contributed by atoms with Gasteiger partial charge < -0.3 is 21.0 Å². The van der Waals surface area contributed by atoms with E-state index in [9.17, 15) is 5.11 Å². The van der Waals surface area contributed by atoms with E-state index in [0.717, 1.165) is 5.76 Å². The molecular formula is C8H14N2O2. The van der Waals surface area contributed by atoms with Gasteiger partial charge in [-0.3, -0.25) is 0 Å². The predicted molar refractivity (Wildman–Crippen MR) is 45.4 cm³/mol. The highest BCUT2D eigenvalue weighted by atomic mass is 16.3. The largest absolute Gasteiger partial charge is 0.465 e. The molecule has 4 nitrogen and oxygen atoms in total. The highest BCUT2D eigenvalue weighted by Crippen LogP contribution is 2.16. The maximum atomic E-state index is 9.28. The molecule has 2 atom stereocenters. The van der Waals surface area contributed by atoms with E-state index in [1.807, 2.05) is 6.92 Å². The third-order valence-corrected chi connectivity index (χ3v) is 1.75. The van der Waals surface area contributed by atoms with Crippen LogP contribution in [0.2, 0.25) is 0 Å². The molecule has 2 unspecified atom stereocenters. The lowest BCUT2D eigenvalue weighted by Gasteiger charge is -2.13. The van der Waals surface area contributed by atoms with Gasteiger partial charge in [0.25, 0.3) is 0 Å². The molecule has 0 aliphatic rings. The summed E-state index contributed by atoms with van der Waals surface area (Å²) in [5.41, 5.74) is 10.9. The average molecular weight is 170 g/mol. The molecule has 0 saturated heterocycles. The van der Waals surface area contributed by atoms with Crippen molar-refractivity contribution in [1.29, 1.82) is 0 Å². The van der Waals surface area contributed by atoms with Crippen molar-refractivity contribution < 1.29 is 9.52 Å². The minimum absolute atomic E-state index is 0.140. The van der Waals surface area contributed by atoms with Crippen LogP contribution < -0.4 is 11.5 Å². The summed E-state index contributed by atoms with van der Waals surface area (Å²) in [4.78, 5) is 0. The summed E-state index contributed by atoms with van der Waals surface area (Å²) >= 11 is 0. The number of aliphatic hydroxyl groups is 1. The number of hydrogen-bond donors (Lipinski definition) is 3. The zero-order valence-corrected chi connectivity index (χ0v) is 7.03. The van der Waals surface area contributed by atoms with Crippen molar-refractivity contribution in [3.8, 4) is 0 Å². The fourth-order valence-corrected chi connectivity index (χ4v) is 0.969. The molecule has 0 aliphatic carbocycles. The smallest absolute Gasteiger partial charge is 0.123 e. The molecule has 0 saturated carbocycles. The van der Waals surface area contributed by atoms with Crippen LogP contribution in [-0.2, 0) is 0 Å². The molecule has 0 spiro atoms. The monoisotopic (exact) mass is 170 g/mol. The molecule has 0 aromatic carbocycles. The molecule has 4 heteroatoms. The van der Waals surface area contributed by atoms with Gasteiger partial charge in [-0.15, -0.1) is 0 Å². The Morgan fingerprint density at radius 1 is 1.58 bits per heavy atom. The van der Waals surface area contributed by atoms with E-state index in [-0.39, 0.29) is 6.54 Å². The second kappa shape index (κ2) is 3.71. The molecular weight excluding hydrogens is 156 g/mol. The Hall–Kier alpha value is -0.840.